The number of carbonyl (C=O) groups excluding carboxylic acids is 1. The van der Waals surface area contributed by atoms with E-state index in [1.807, 2.05) is 0 Å². The second-order valence-electron chi connectivity index (χ2n) is 15.1. The number of aliphatic hydroxyl groups excluding tert-OH is 5. The van der Waals surface area contributed by atoms with Gasteiger partial charge < -0.3 is 40.3 Å². The molecule has 0 bridgehead atoms. The van der Waals surface area contributed by atoms with E-state index in [2.05, 4.69) is 35.5 Å². The monoisotopic (exact) mass is 808 g/mol. The summed E-state index contributed by atoms with van der Waals surface area (Å²) in [6.07, 6.45) is 22.9. The Hall–Kier alpha value is -1.46. The average Bonchev–Trinajstić information content (AvgIpc) is 3.15. The van der Waals surface area contributed by atoms with Gasteiger partial charge in [-0.1, -0.05) is 160 Å². The minimum atomic E-state index is -5.11. The number of rotatable bonds is 35. The second kappa shape index (κ2) is 32.5. The van der Waals surface area contributed by atoms with Crippen molar-refractivity contribution in [2.24, 2.45) is 0 Å². The number of unbranched alkanes of at least 4 members (excludes halogenated alkanes) is 20. The second-order valence-corrected chi connectivity index (χ2v) is 16.1. The van der Waals surface area contributed by atoms with Crippen LogP contribution in [0.25, 0.3) is 0 Å². The molecule has 1 amide bonds. The molecule has 0 aromatic carbocycles. The normalized spacial score (nSPS) is 22.4. The summed E-state index contributed by atoms with van der Waals surface area (Å²) in [5.41, 5.74) is 0. The molecule has 0 spiro atoms. The van der Waals surface area contributed by atoms with Gasteiger partial charge in [0.1, 0.15) is 30.5 Å². The Labute approximate surface area is 332 Å². The van der Waals surface area contributed by atoms with Crippen molar-refractivity contribution < 1.29 is 57.0 Å². The Bertz CT molecular complexity index is 1110. The van der Waals surface area contributed by atoms with Gasteiger partial charge in [-0.2, -0.15) is 8.42 Å². The van der Waals surface area contributed by atoms with Crippen LogP contribution in [0.4, 0.5) is 0 Å². The highest BCUT2D eigenvalue weighted by atomic mass is 32.3. The predicted octanol–water partition coefficient (Wildman–Crippen LogP) is 6.35. The summed E-state index contributed by atoms with van der Waals surface area (Å²) in [5.74, 6) is -0.714. The molecule has 324 valence electrons. The number of hydrogen-bond donors (Lipinski definition) is 7. The van der Waals surface area contributed by atoms with Crippen LogP contribution in [-0.4, -0.2) is 107 Å². The van der Waals surface area contributed by atoms with E-state index in [1.165, 1.54) is 96.0 Å². The minimum absolute atomic E-state index is 0.240. The van der Waals surface area contributed by atoms with E-state index in [4.69, 9.17) is 14.0 Å². The number of carbonyl (C=O) groups is 1. The van der Waals surface area contributed by atoms with E-state index in [0.29, 0.717) is 12.8 Å². The van der Waals surface area contributed by atoms with Crippen molar-refractivity contribution in [2.75, 3.05) is 13.2 Å². The molecular weight excluding hydrogens is 731 g/mol. The Morgan fingerprint density at radius 1 is 0.727 bits per heavy atom. The van der Waals surface area contributed by atoms with Crippen molar-refractivity contribution in [1.82, 2.24) is 5.32 Å². The van der Waals surface area contributed by atoms with Gasteiger partial charge in [0.25, 0.3) is 0 Å². The van der Waals surface area contributed by atoms with Gasteiger partial charge in [-0.15, -0.1) is 0 Å². The smallest absolute Gasteiger partial charge is 0.394 e. The minimum Gasteiger partial charge on any atom is -0.394 e. The van der Waals surface area contributed by atoms with Crippen LogP contribution in [0.2, 0.25) is 0 Å². The molecule has 8 unspecified atom stereocenters. The van der Waals surface area contributed by atoms with Crippen molar-refractivity contribution in [1.29, 1.82) is 0 Å². The lowest BCUT2D eigenvalue weighted by Crippen LogP contribution is -2.61. The van der Waals surface area contributed by atoms with Gasteiger partial charge >= 0.3 is 10.4 Å². The molecule has 1 fully saturated rings. The molecule has 7 N–H and O–H groups in total. The molecule has 0 aliphatic carbocycles. The van der Waals surface area contributed by atoms with Gasteiger partial charge in [-0.3, -0.25) is 9.35 Å². The molecule has 0 saturated carbocycles. The largest absolute Gasteiger partial charge is 0.397 e. The Morgan fingerprint density at radius 2 is 1.22 bits per heavy atom. The summed E-state index contributed by atoms with van der Waals surface area (Å²) in [7, 11) is -5.11. The van der Waals surface area contributed by atoms with Crippen LogP contribution in [0, 0.1) is 0 Å². The number of ether oxygens (including phenoxy) is 2. The molecule has 1 rings (SSSR count). The topological polar surface area (TPSA) is 212 Å². The van der Waals surface area contributed by atoms with Crippen LogP contribution in [0.3, 0.4) is 0 Å². The highest BCUT2D eigenvalue weighted by Gasteiger charge is 2.48. The lowest BCUT2D eigenvalue weighted by molar-refractivity contribution is -0.298. The Balaban J connectivity index is 2.57. The first-order chi connectivity index (χ1) is 26.4. The van der Waals surface area contributed by atoms with Crippen LogP contribution in [-0.2, 0) is 28.9 Å². The summed E-state index contributed by atoms with van der Waals surface area (Å²) in [5, 5.41) is 54.9. The maximum atomic E-state index is 13.0. The standard InChI is InChI=1S/C41H77NO12S/c1-3-5-7-9-11-13-14-15-16-17-18-19-20-22-24-26-28-30-35(45)40(48)42-33(34(44)29-27-25-23-21-12-10-8-6-4-2)32-52-41-38(47)39(54-55(49,50)51)37(46)36(31-43)53-41/h12,21,27,29,33-39,41,43-47H,3-11,13-20,22-26,28,30-32H2,1-2H3,(H,42,48)(H,49,50,51)/b21-12+,29-27+. The fourth-order valence-electron chi connectivity index (χ4n) is 6.65. The van der Waals surface area contributed by atoms with Gasteiger partial charge in [-0.05, 0) is 32.1 Å². The first-order valence-corrected chi connectivity index (χ1v) is 22.7. The van der Waals surface area contributed by atoms with Crippen molar-refractivity contribution in [2.45, 2.75) is 217 Å². The third kappa shape index (κ3) is 25.5. The Kier molecular flexibility index (Phi) is 30.5. The summed E-state index contributed by atoms with van der Waals surface area (Å²) < 4.78 is 47.3. The third-order valence-corrected chi connectivity index (χ3v) is 10.6. The number of aliphatic hydroxyl groups is 5. The van der Waals surface area contributed by atoms with Crippen LogP contribution in [0.15, 0.2) is 24.3 Å². The van der Waals surface area contributed by atoms with Gasteiger partial charge in [0.15, 0.2) is 6.29 Å². The number of hydrogen-bond acceptors (Lipinski definition) is 11. The van der Waals surface area contributed by atoms with Crippen LogP contribution in [0.5, 0.6) is 0 Å². The van der Waals surface area contributed by atoms with Crippen molar-refractivity contribution in [3.63, 3.8) is 0 Å². The molecule has 1 aliphatic heterocycles. The predicted molar refractivity (Wildman–Crippen MR) is 215 cm³/mol. The average molecular weight is 808 g/mol. The number of nitrogens with one attached hydrogen (secondary N) is 1. The molecular formula is C41H77NO12S. The van der Waals surface area contributed by atoms with Crippen molar-refractivity contribution in [3.05, 3.63) is 24.3 Å². The zero-order valence-electron chi connectivity index (χ0n) is 33.9. The molecule has 8 atom stereocenters. The summed E-state index contributed by atoms with van der Waals surface area (Å²) in [6, 6.07) is -1.13. The fraction of sp³-hybridized carbons (Fsp3) is 0.878. The van der Waals surface area contributed by atoms with Crippen molar-refractivity contribution in [3.8, 4) is 0 Å². The van der Waals surface area contributed by atoms with Gasteiger partial charge in [-0.25, -0.2) is 4.18 Å². The highest BCUT2D eigenvalue weighted by molar-refractivity contribution is 7.80. The van der Waals surface area contributed by atoms with E-state index < -0.39 is 78.5 Å². The van der Waals surface area contributed by atoms with E-state index in [9.17, 15) is 38.7 Å². The molecule has 0 aromatic heterocycles. The van der Waals surface area contributed by atoms with Gasteiger partial charge in [0, 0.05) is 0 Å². The lowest BCUT2D eigenvalue weighted by Gasteiger charge is -2.41. The molecule has 0 aromatic rings. The van der Waals surface area contributed by atoms with Crippen molar-refractivity contribution >= 4 is 16.3 Å². The first kappa shape index (κ1) is 51.6. The summed E-state index contributed by atoms with van der Waals surface area (Å²) in [6.45, 7) is 3.12. The van der Waals surface area contributed by atoms with Crippen LogP contribution in [0.1, 0.15) is 168 Å². The zero-order valence-corrected chi connectivity index (χ0v) is 34.7. The number of amides is 1. The Morgan fingerprint density at radius 3 is 1.75 bits per heavy atom. The van der Waals surface area contributed by atoms with Crippen LogP contribution < -0.4 is 5.32 Å². The summed E-state index contributed by atoms with van der Waals surface area (Å²) in [4.78, 5) is 13.0. The van der Waals surface area contributed by atoms with E-state index in [-0.39, 0.29) is 6.42 Å². The molecule has 0 radical (unpaired) electrons. The van der Waals surface area contributed by atoms with Crippen LogP contribution >= 0.6 is 0 Å². The molecule has 55 heavy (non-hydrogen) atoms. The first-order valence-electron chi connectivity index (χ1n) is 21.3. The molecule has 13 nitrogen and oxygen atoms in total. The SMILES string of the molecule is CCCCC/C=C/CC/C=C/C(O)C(COC1OC(CO)C(O)C(OS(=O)(=O)O)C1O)NC(=O)C(O)CCCCCCCCCCCCCCCCCCC. The molecule has 14 heteroatoms. The van der Waals surface area contributed by atoms with E-state index in [1.54, 1.807) is 6.08 Å². The molecule has 1 heterocycles. The quantitative estimate of drug-likeness (QED) is 0.0212. The van der Waals surface area contributed by atoms with Gasteiger partial charge in [0.05, 0.1) is 25.4 Å². The van der Waals surface area contributed by atoms with E-state index in [0.717, 1.165) is 44.9 Å². The maximum absolute atomic E-state index is 13.0. The molecule has 1 saturated heterocycles. The zero-order chi connectivity index (χ0) is 40.7. The fourth-order valence-corrected chi connectivity index (χ4v) is 7.16. The third-order valence-electron chi connectivity index (χ3n) is 10.1. The van der Waals surface area contributed by atoms with E-state index >= 15 is 0 Å². The number of allylic oxidation sites excluding steroid dienone is 3. The maximum Gasteiger partial charge on any atom is 0.397 e. The summed E-state index contributed by atoms with van der Waals surface area (Å²) >= 11 is 0. The highest BCUT2D eigenvalue weighted by Crippen LogP contribution is 2.26. The molecule has 1 aliphatic rings. The van der Waals surface area contributed by atoms with Gasteiger partial charge in [0.2, 0.25) is 5.91 Å². The lowest BCUT2D eigenvalue weighted by atomic mass is 9.99.